The fourth-order valence-electron chi connectivity index (χ4n) is 2.70. The number of para-hydroxylation sites is 1. The smallest absolute Gasteiger partial charge is 0.177 e. The number of benzene rings is 1. The van der Waals surface area contributed by atoms with Gasteiger partial charge in [0.15, 0.2) is 5.82 Å². The standard InChI is InChI=1S/C19H19N2.Y/c1-5-14(2)17-13-21(18-11-7-6-9-15(18)3)19-16(17)10-8-12-20(19)4;/h6-12H,1-4H3;/q-1;. The normalized spacial score (nSPS) is 11.5. The third kappa shape index (κ3) is 2.82. The molecule has 0 spiro atoms. The van der Waals surface area contributed by atoms with Crippen molar-refractivity contribution in [3.8, 4) is 17.1 Å². The zero-order valence-corrected chi connectivity index (χ0v) is 16.4. The molecule has 0 aliphatic carbocycles. The van der Waals surface area contributed by atoms with Crippen LogP contribution in [0.3, 0.4) is 0 Å². The Balaban J connectivity index is 0.00000176. The van der Waals surface area contributed by atoms with Crippen molar-refractivity contribution >= 4 is 5.57 Å². The van der Waals surface area contributed by atoms with Gasteiger partial charge in [0.05, 0.1) is 18.9 Å². The van der Waals surface area contributed by atoms with Gasteiger partial charge in [0.1, 0.15) is 0 Å². The van der Waals surface area contributed by atoms with Gasteiger partial charge < -0.3 is 10.6 Å². The number of hydrogen-bond donors (Lipinski definition) is 0. The monoisotopic (exact) mass is 364 g/mol. The average molecular weight is 364 g/mol. The van der Waals surface area contributed by atoms with Crippen LogP contribution in [0.15, 0.2) is 42.6 Å². The van der Waals surface area contributed by atoms with Gasteiger partial charge in [-0.1, -0.05) is 18.2 Å². The number of fused-ring (bicyclic) bond motifs is 1. The van der Waals surface area contributed by atoms with Crippen LogP contribution in [0.2, 0.25) is 0 Å². The number of aromatic nitrogens is 2. The Hall–Kier alpha value is -1.25. The molecule has 0 unspecified atom stereocenters. The zero-order chi connectivity index (χ0) is 15.0. The number of allylic oxidation sites excluding steroid dienone is 2. The maximum atomic E-state index is 3.53. The van der Waals surface area contributed by atoms with Gasteiger partial charge in [-0.15, -0.1) is 25.5 Å². The van der Waals surface area contributed by atoms with Crippen LogP contribution in [0.5, 0.6) is 0 Å². The Morgan fingerprint density at radius 1 is 1.18 bits per heavy atom. The van der Waals surface area contributed by atoms with Gasteiger partial charge in [-0.2, -0.15) is 0 Å². The van der Waals surface area contributed by atoms with Gasteiger partial charge in [-0.3, -0.25) is 10.1 Å². The summed E-state index contributed by atoms with van der Waals surface area (Å²) in [7, 11) is 2.07. The molecule has 0 bridgehead atoms. The summed E-state index contributed by atoms with van der Waals surface area (Å²) < 4.78 is 4.30. The Morgan fingerprint density at radius 2 is 1.91 bits per heavy atom. The molecule has 1 aromatic rings. The second-order valence-corrected chi connectivity index (χ2v) is 5.34. The first-order valence-electron chi connectivity index (χ1n) is 7.13. The van der Waals surface area contributed by atoms with Crippen molar-refractivity contribution in [2.75, 3.05) is 0 Å². The third-order valence-electron chi connectivity index (χ3n) is 3.96. The fourth-order valence-corrected chi connectivity index (χ4v) is 2.70. The molecule has 22 heavy (non-hydrogen) atoms. The summed E-state index contributed by atoms with van der Waals surface area (Å²) >= 11 is 0. The van der Waals surface area contributed by atoms with Crippen molar-refractivity contribution in [2.45, 2.75) is 20.8 Å². The van der Waals surface area contributed by atoms with E-state index >= 15 is 0 Å². The first-order valence-corrected chi connectivity index (χ1v) is 7.13. The molecule has 109 valence electrons. The SMILES string of the molecule is C[C-]=C(C)c1[c-][n+](-c2ccccc2C)c2n(C)cccc1-2.[Y]. The predicted octanol–water partition coefficient (Wildman–Crippen LogP) is 3.74. The molecule has 3 rings (SSSR count). The van der Waals surface area contributed by atoms with Crippen molar-refractivity contribution in [1.29, 1.82) is 0 Å². The Kier molecular flexibility index (Phi) is 5.36. The van der Waals surface area contributed by atoms with Crippen molar-refractivity contribution in [1.82, 2.24) is 4.57 Å². The summed E-state index contributed by atoms with van der Waals surface area (Å²) in [6.45, 7) is 6.16. The van der Waals surface area contributed by atoms with Crippen molar-refractivity contribution in [3.63, 3.8) is 0 Å². The molecule has 1 aromatic carbocycles. The van der Waals surface area contributed by atoms with E-state index in [0.717, 1.165) is 17.0 Å². The van der Waals surface area contributed by atoms with Crippen LogP contribution in [0.25, 0.3) is 22.6 Å². The number of pyridine rings is 1. The van der Waals surface area contributed by atoms with Gasteiger partial charge >= 0.3 is 0 Å². The maximum Gasteiger partial charge on any atom is 0.177 e. The topological polar surface area (TPSA) is 8.81 Å². The van der Waals surface area contributed by atoms with E-state index in [0.29, 0.717) is 0 Å². The number of rotatable bonds is 2. The summed E-state index contributed by atoms with van der Waals surface area (Å²) in [5, 5.41) is 0. The second-order valence-electron chi connectivity index (χ2n) is 5.34. The van der Waals surface area contributed by atoms with Gasteiger partial charge in [0.2, 0.25) is 0 Å². The summed E-state index contributed by atoms with van der Waals surface area (Å²) in [6.07, 6.45) is 8.84. The molecular weight excluding hydrogens is 345 g/mol. The minimum Gasteiger partial charge on any atom is -0.317 e. The quantitative estimate of drug-likeness (QED) is 0.484. The molecule has 2 aliphatic rings. The molecular formula is C19H19N2Y-. The Bertz CT molecular complexity index is 799. The largest absolute Gasteiger partial charge is 0.317 e. The number of hydrogen-bond acceptors (Lipinski definition) is 0. The van der Waals surface area contributed by atoms with Crippen molar-refractivity contribution in [3.05, 3.63) is 66.0 Å². The summed E-state index contributed by atoms with van der Waals surface area (Å²) in [5.74, 6) is 1.15. The van der Waals surface area contributed by atoms with E-state index in [2.05, 4.69) is 84.9 Å². The first kappa shape index (κ1) is 17.1. The number of aryl methyl sites for hydroxylation is 2. The third-order valence-corrected chi connectivity index (χ3v) is 3.96. The van der Waals surface area contributed by atoms with Crippen LogP contribution in [0.4, 0.5) is 0 Å². The molecule has 1 radical (unpaired) electrons. The Morgan fingerprint density at radius 3 is 2.59 bits per heavy atom. The van der Waals surface area contributed by atoms with E-state index in [1.165, 1.54) is 16.8 Å². The average Bonchev–Trinajstić information content (AvgIpc) is 2.88. The summed E-state index contributed by atoms with van der Waals surface area (Å²) in [6, 6.07) is 12.6. The fraction of sp³-hybridized carbons (Fsp3) is 0.211. The van der Waals surface area contributed by atoms with E-state index in [9.17, 15) is 0 Å². The molecule has 2 nitrogen and oxygen atoms in total. The molecule has 0 fully saturated rings. The summed E-state index contributed by atoms with van der Waals surface area (Å²) in [5.41, 5.74) is 5.85. The van der Waals surface area contributed by atoms with Crippen LogP contribution in [0, 0.1) is 19.2 Å². The van der Waals surface area contributed by atoms with E-state index in [4.69, 9.17) is 0 Å². The minimum absolute atomic E-state index is 0. The van der Waals surface area contributed by atoms with E-state index in [1.54, 1.807) is 0 Å². The first-order chi connectivity index (χ1) is 10.1. The van der Waals surface area contributed by atoms with E-state index in [-0.39, 0.29) is 32.7 Å². The van der Waals surface area contributed by atoms with Crippen molar-refractivity contribution < 1.29 is 37.3 Å². The molecule has 0 saturated carbocycles. The number of nitrogens with zero attached hydrogens (tertiary/aromatic N) is 2. The van der Waals surface area contributed by atoms with Crippen LogP contribution >= 0.6 is 0 Å². The second kappa shape index (κ2) is 6.89. The van der Waals surface area contributed by atoms with Gasteiger partial charge in [-0.25, -0.2) is 5.56 Å². The Labute approximate surface area is 157 Å². The minimum atomic E-state index is 0. The van der Waals surface area contributed by atoms with Crippen molar-refractivity contribution in [2.24, 2.45) is 7.05 Å². The zero-order valence-electron chi connectivity index (χ0n) is 13.5. The molecule has 2 aliphatic heterocycles. The molecule has 2 heterocycles. The molecule has 0 amide bonds. The van der Waals surface area contributed by atoms with Crippen LogP contribution in [-0.2, 0) is 39.8 Å². The molecule has 3 heteroatoms. The van der Waals surface area contributed by atoms with Crippen LogP contribution in [0.1, 0.15) is 25.0 Å². The van der Waals surface area contributed by atoms with Gasteiger partial charge in [0.25, 0.3) is 0 Å². The molecule has 0 atom stereocenters. The van der Waals surface area contributed by atoms with E-state index in [1.807, 2.05) is 6.92 Å². The van der Waals surface area contributed by atoms with Gasteiger partial charge in [0, 0.05) is 32.7 Å². The molecule has 0 aromatic heterocycles. The van der Waals surface area contributed by atoms with Crippen LogP contribution < -0.4 is 4.57 Å². The predicted molar refractivity (Wildman–Crippen MR) is 85.1 cm³/mol. The van der Waals surface area contributed by atoms with Gasteiger partial charge in [-0.05, 0) is 30.8 Å². The van der Waals surface area contributed by atoms with Crippen LogP contribution in [-0.4, -0.2) is 4.57 Å². The summed E-state index contributed by atoms with van der Waals surface area (Å²) in [4.78, 5) is 0. The molecule has 0 N–H and O–H groups in total. The van der Waals surface area contributed by atoms with E-state index < -0.39 is 0 Å². The molecule has 0 saturated heterocycles. The maximum absolute atomic E-state index is 3.53.